The minimum absolute atomic E-state index is 0.0483. The van der Waals surface area contributed by atoms with Gasteiger partial charge in [-0.2, -0.15) is 0 Å². The van der Waals surface area contributed by atoms with E-state index in [1.165, 1.54) is 5.56 Å². The van der Waals surface area contributed by atoms with E-state index in [1.807, 2.05) is 11.0 Å². The maximum Gasteiger partial charge on any atom is 0.227 e. The zero-order chi connectivity index (χ0) is 13.9. The smallest absolute Gasteiger partial charge is 0.227 e. The number of nitrogens with one attached hydrogen (secondary N) is 1. The Morgan fingerprint density at radius 1 is 1.16 bits per heavy atom. The fourth-order valence-corrected chi connectivity index (χ4v) is 2.54. The predicted octanol–water partition coefficient (Wildman–Crippen LogP) is 2.70. The van der Waals surface area contributed by atoms with E-state index in [-0.39, 0.29) is 11.3 Å². The van der Waals surface area contributed by atoms with Gasteiger partial charge in [-0.1, -0.05) is 39.0 Å². The minimum atomic E-state index is 0.0483. The topological polar surface area (TPSA) is 32.3 Å². The summed E-state index contributed by atoms with van der Waals surface area (Å²) in [7, 11) is 0. The molecule has 1 fully saturated rings. The Morgan fingerprint density at radius 2 is 1.89 bits per heavy atom. The molecule has 1 amide bonds. The molecule has 1 aliphatic heterocycles. The van der Waals surface area contributed by atoms with E-state index >= 15 is 0 Å². The van der Waals surface area contributed by atoms with E-state index < -0.39 is 0 Å². The SMILES string of the molecule is CC(C)(C)c1ccccc1N1CCNCCCC1=O. The fraction of sp³-hybridized carbons (Fsp3) is 0.562. The monoisotopic (exact) mass is 260 g/mol. The quantitative estimate of drug-likeness (QED) is 0.842. The second kappa shape index (κ2) is 5.74. The second-order valence-electron chi connectivity index (χ2n) is 6.17. The standard InChI is InChI=1S/C16H24N2O/c1-16(2,3)13-7-4-5-8-14(13)18-12-11-17-10-6-9-15(18)19/h4-5,7-8,17H,6,9-12H2,1-3H3. The van der Waals surface area contributed by atoms with E-state index in [2.05, 4.69) is 44.3 Å². The predicted molar refractivity (Wildman–Crippen MR) is 79.6 cm³/mol. The lowest BCUT2D eigenvalue weighted by Crippen LogP contribution is -2.41. The molecule has 1 saturated heterocycles. The Morgan fingerprint density at radius 3 is 2.63 bits per heavy atom. The molecule has 1 aromatic rings. The van der Waals surface area contributed by atoms with Crippen molar-refractivity contribution in [1.82, 2.24) is 5.32 Å². The molecule has 2 rings (SSSR count). The van der Waals surface area contributed by atoms with Crippen LogP contribution in [0.15, 0.2) is 24.3 Å². The molecule has 0 bridgehead atoms. The molecule has 1 N–H and O–H groups in total. The summed E-state index contributed by atoms with van der Waals surface area (Å²) in [5.74, 6) is 0.248. The van der Waals surface area contributed by atoms with Crippen LogP contribution in [0.5, 0.6) is 0 Å². The maximum atomic E-state index is 12.3. The molecule has 0 atom stereocenters. The number of hydrogen-bond donors (Lipinski definition) is 1. The van der Waals surface area contributed by atoms with E-state index in [0.717, 1.165) is 31.7 Å². The molecule has 1 aromatic carbocycles. The van der Waals surface area contributed by atoms with Crippen molar-refractivity contribution < 1.29 is 4.79 Å². The molecule has 3 nitrogen and oxygen atoms in total. The van der Waals surface area contributed by atoms with Crippen molar-refractivity contribution in [3.63, 3.8) is 0 Å². The summed E-state index contributed by atoms with van der Waals surface area (Å²) in [6.07, 6.45) is 1.55. The first-order valence-electron chi connectivity index (χ1n) is 7.11. The zero-order valence-electron chi connectivity index (χ0n) is 12.2. The Hall–Kier alpha value is -1.35. The molecular formula is C16H24N2O. The Balaban J connectivity index is 2.36. The van der Waals surface area contributed by atoms with Crippen LogP contribution in [0.4, 0.5) is 5.69 Å². The van der Waals surface area contributed by atoms with Crippen LogP contribution < -0.4 is 10.2 Å². The number of carbonyl (C=O) groups excluding carboxylic acids is 1. The fourth-order valence-electron chi connectivity index (χ4n) is 2.54. The molecule has 0 radical (unpaired) electrons. The van der Waals surface area contributed by atoms with Crippen molar-refractivity contribution in [3.05, 3.63) is 29.8 Å². The van der Waals surface area contributed by atoms with E-state index in [9.17, 15) is 4.79 Å². The summed E-state index contributed by atoms with van der Waals surface area (Å²) in [6, 6.07) is 8.27. The third kappa shape index (κ3) is 3.35. The highest BCUT2D eigenvalue weighted by atomic mass is 16.2. The molecule has 0 spiro atoms. The van der Waals surface area contributed by atoms with Gasteiger partial charge in [0, 0.05) is 25.2 Å². The van der Waals surface area contributed by atoms with E-state index in [4.69, 9.17) is 0 Å². The lowest BCUT2D eigenvalue weighted by atomic mass is 9.85. The van der Waals surface area contributed by atoms with Gasteiger partial charge in [-0.05, 0) is 30.0 Å². The van der Waals surface area contributed by atoms with Crippen LogP contribution in [0.1, 0.15) is 39.2 Å². The minimum Gasteiger partial charge on any atom is -0.315 e. The first kappa shape index (κ1) is 14.1. The first-order chi connectivity index (χ1) is 9.00. The van der Waals surface area contributed by atoms with Crippen molar-refractivity contribution in [2.24, 2.45) is 0 Å². The van der Waals surface area contributed by atoms with Crippen LogP contribution >= 0.6 is 0 Å². The second-order valence-corrected chi connectivity index (χ2v) is 6.17. The van der Waals surface area contributed by atoms with Crippen molar-refractivity contribution in [3.8, 4) is 0 Å². The summed E-state index contributed by atoms with van der Waals surface area (Å²) in [6.45, 7) is 9.15. The average Bonchev–Trinajstić information content (AvgIpc) is 2.33. The molecule has 0 aliphatic carbocycles. The Kier molecular flexibility index (Phi) is 4.25. The Labute approximate surface area is 116 Å². The van der Waals surface area contributed by atoms with Crippen LogP contribution in [0.2, 0.25) is 0 Å². The number of carbonyl (C=O) groups is 1. The first-order valence-corrected chi connectivity index (χ1v) is 7.11. The molecule has 1 aliphatic rings. The van der Waals surface area contributed by atoms with E-state index in [1.54, 1.807) is 0 Å². The number of anilines is 1. The summed E-state index contributed by atoms with van der Waals surface area (Å²) >= 11 is 0. The molecule has 0 unspecified atom stereocenters. The number of amides is 1. The van der Waals surface area contributed by atoms with Crippen molar-refractivity contribution >= 4 is 11.6 Å². The zero-order valence-corrected chi connectivity index (χ0v) is 12.2. The number of nitrogens with zero attached hydrogens (tertiary/aromatic N) is 1. The van der Waals surface area contributed by atoms with Crippen LogP contribution in [0.3, 0.4) is 0 Å². The third-order valence-electron chi connectivity index (χ3n) is 3.56. The summed E-state index contributed by atoms with van der Waals surface area (Å²) < 4.78 is 0. The molecule has 104 valence electrons. The van der Waals surface area contributed by atoms with Gasteiger partial charge in [0.1, 0.15) is 0 Å². The van der Waals surface area contributed by atoms with Crippen molar-refractivity contribution in [2.75, 3.05) is 24.5 Å². The highest BCUT2D eigenvalue weighted by molar-refractivity contribution is 5.94. The van der Waals surface area contributed by atoms with Gasteiger partial charge in [-0.3, -0.25) is 4.79 Å². The van der Waals surface area contributed by atoms with Gasteiger partial charge in [0.05, 0.1) is 0 Å². The molecule has 1 heterocycles. The van der Waals surface area contributed by atoms with Crippen LogP contribution in [-0.4, -0.2) is 25.5 Å². The lowest BCUT2D eigenvalue weighted by molar-refractivity contribution is -0.118. The van der Waals surface area contributed by atoms with Gasteiger partial charge in [-0.15, -0.1) is 0 Å². The van der Waals surface area contributed by atoms with Gasteiger partial charge in [0.2, 0.25) is 5.91 Å². The molecule has 3 heteroatoms. The molecule has 0 saturated carbocycles. The van der Waals surface area contributed by atoms with Gasteiger partial charge in [0.15, 0.2) is 0 Å². The summed E-state index contributed by atoms with van der Waals surface area (Å²) in [4.78, 5) is 14.3. The number of hydrogen-bond acceptors (Lipinski definition) is 2. The van der Waals surface area contributed by atoms with Gasteiger partial charge in [0.25, 0.3) is 0 Å². The summed E-state index contributed by atoms with van der Waals surface area (Å²) in [5.41, 5.74) is 2.36. The van der Waals surface area contributed by atoms with Crippen molar-refractivity contribution in [1.29, 1.82) is 0 Å². The molecular weight excluding hydrogens is 236 g/mol. The van der Waals surface area contributed by atoms with Crippen LogP contribution in [0, 0.1) is 0 Å². The normalized spacial score (nSPS) is 18.1. The van der Waals surface area contributed by atoms with E-state index in [0.29, 0.717) is 6.42 Å². The van der Waals surface area contributed by atoms with Gasteiger partial charge in [-0.25, -0.2) is 0 Å². The largest absolute Gasteiger partial charge is 0.315 e. The van der Waals surface area contributed by atoms with Crippen LogP contribution in [-0.2, 0) is 10.2 Å². The van der Waals surface area contributed by atoms with Gasteiger partial charge >= 0.3 is 0 Å². The number of rotatable bonds is 1. The van der Waals surface area contributed by atoms with Crippen LogP contribution in [0.25, 0.3) is 0 Å². The molecule has 0 aromatic heterocycles. The maximum absolute atomic E-state index is 12.3. The Bertz CT molecular complexity index is 448. The molecule has 19 heavy (non-hydrogen) atoms. The highest BCUT2D eigenvalue weighted by Gasteiger charge is 2.24. The van der Waals surface area contributed by atoms with Crippen molar-refractivity contribution in [2.45, 2.75) is 39.0 Å². The summed E-state index contributed by atoms with van der Waals surface area (Å²) in [5, 5.41) is 3.37. The van der Waals surface area contributed by atoms with Gasteiger partial charge < -0.3 is 10.2 Å². The third-order valence-corrected chi connectivity index (χ3v) is 3.56. The average molecular weight is 260 g/mol. The highest BCUT2D eigenvalue weighted by Crippen LogP contribution is 2.32. The number of para-hydroxylation sites is 1. The lowest BCUT2D eigenvalue weighted by Gasteiger charge is -2.31. The number of benzene rings is 1.